The van der Waals surface area contributed by atoms with Crippen molar-refractivity contribution in [3.05, 3.63) is 58.7 Å². The number of nitrogens with zero attached hydrogens (tertiary/aromatic N) is 2. The quantitative estimate of drug-likeness (QED) is 0.803. The number of piperazine rings is 1. The zero-order chi connectivity index (χ0) is 21.5. The first-order valence-electron chi connectivity index (χ1n) is 10.3. The number of aryl methyl sites for hydroxylation is 1. The van der Waals surface area contributed by atoms with E-state index in [0.717, 1.165) is 56.5 Å². The van der Waals surface area contributed by atoms with Crippen molar-refractivity contribution >= 4 is 15.7 Å². The lowest BCUT2D eigenvalue weighted by atomic mass is 9.84. The number of nitrogens with one attached hydrogen (secondary N) is 1. The fourth-order valence-corrected chi connectivity index (χ4v) is 5.81. The van der Waals surface area contributed by atoms with Crippen molar-refractivity contribution in [1.29, 1.82) is 0 Å². The predicted octanol–water partition coefficient (Wildman–Crippen LogP) is 2.86. The molecule has 0 aromatic heterocycles. The van der Waals surface area contributed by atoms with Crippen LogP contribution in [0.5, 0.6) is 0 Å². The summed E-state index contributed by atoms with van der Waals surface area (Å²) in [5.41, 5.74) is 4.81. The van der Waals surface area contributed by atoms with Gasteiger partial charge in [-0.1, -0.05) is 6.07 Å². The van der Waals surface area contributed by atoms with Crippen molar-refractivity contribution in [3.8, 4) is 0 Å². The molecule has 2 aromatic rings. The summed E-state index contributed by atoms with van der Waals surface area (Å²) in [6.45, 7) is 5.90. The number of halogens is 2. The van der Waals surface area contributed by atoms with Crippen LogP contribution in [0.25, 0.3) is 0 Å². The number of sulfonamides is 1. The summed E-state index contributed by atoms with van der Waals surface area (Å²) in [4.78, 5) is 4.01. The molecule has 30 heavy (non-hydrogen) atoms. The van der Waals surface area contributed by atoms with Gasteiger partial charge in [-0.2, -0.15) is 0 Å². The molecule has 0 unspecified atom stereocenters. The Morgan fingerprint density at radius 3 is 2.50 bits per heavy atom. The van der Waals surface area contributed by atoms with Gasteiger partial charge in [-0.15, -0.1) is 0 Å². The van der Waals surface area contributed by atoms with Crippen LogP contribution in [0.2, 0.25) is 0 Å². The van der Waals surface area contributed by atoms with Crippen LogP contribution in [0.15, 0.2) is 35.2 Å². The minimum atomic E-state index is -4.16. The van der Waals surface area contributed by atoms with Crippen molar-refractivity contribution < 1.29 is 17.2 Å². The van der Waals surface area contributed by atoms with E-state index < -0.39 is 26.6 Å². The van der Waals surface area contributed by atoms with Gasteiger partial charge in [-0.3, -0.25) is 0 Å². The standard InChI is InChI=1S/C22H27F2N3O2S/c1-15-3-8-21(27-11-9-26(2)10-12-27)19-14-17(5-6-18(15)19)25-30(28,29)22-13-16(23)4-7-20(22)24/h3-4,7-8,13,17,25H,5-6,9-12,14H2,1-2H3/t17-/m1/s1. The fraction of sp³-hybridized carbons (Fsp3) is 0.455. The molecule has 5 nitrogen and oxygen atoms in total. The second-order valence-corrected chi connectivity index (χ2v) is 9.97. The third-order valence-electron chi connectivity index (χ3n) is 6.18. The SMILES string of the molecule is Cc1ccc(N2CCN(C)CC2)c2c1CC[C@@H](NS(=O)(=O)c1cc(F)ccc1F)C2. The van der Waals surface area contributed by atoms with Crippen LogP contribution >= 0.6 is 0 Å². The molecule has 1 N–H and O–H groups in total. The minimum absolute atomic E-state index is 0.363. The van der Waals surface area contributed by atoms with Crippen molar-refractivity contribution in [2.45, 2.75) is 37.1 Å². The number of anilines is 1. The Hall–Kier alpha value is -2.03. The van der Waals surface area contributed by atoms with E-state index in [1.165, 1.54) is 16.7 Å². The third-order valence-corrected chi connectivity index (χ3v) is 7.72. The smallest absolute Gasteiger partial charge is 0.243 e. The summed E-state index contributed by atoms with van der Waals surface area (Å²) < 4.78 is 55.7. The largest absolute Gasteiger partial charge is 0.369 e. The Bertz CT molecular complexity index is 1050. The first-order valence-corrected chi connectivity index (χ1v) is 11.7. The molecule has 0 spiro atoms. The van der Waals surface area contributed by atoms with Crippen molar-refractivity contribution in [1.82, 2.24) is 9.62 Å². The maximum absolute atomic E-state index is 14.1. The number of fused-ring (bicyclic) bond motifs is 1. The molecule has 2 aromatic carbocycles. The van der Waals surface area contributed by atoms with Gasteiger partial charge in [0.15, 0.2) is 0 Å². The van der Waals surface area contributed by atoms with E-state index in [-0.39, 0.29) is 6.04 Å². The van der Waals surface area contributed by atoms with Crippen LogP contribution < -0.4 is 9.62 Å². The van der Waals surface area contributed by atoms with Gasteiger partial charge < -0.3 is 9.80 Å². The molecule has 1 saturated heterocycles. The van der Waals surface area contributed by atoms with E-state index in [1.54, 1.807) is 0 Å². The normalized spacial score (nSPS) is 20.3. The Kier molecular flexibility index (Phi) is 5.83. The summed E-state index contributed by atoms with van der Waals surface area (Å²) in [7, 11) is -2.05. The highest BCUT2D eigenvalue weighted by Gasteiger charge is 2.30. The third kappa shape index (κ3) is 4.22. The summed E-state index contributed by atoms with van der Waals surface area (Å²) >= 11 is 0. The van der Waals surface area contributed by atoms with Gasteiger partial charge in [0.1, 0.15) is 16.5 Å². The lowest BCUT2D eigenvalue weighted by Gasteiger charge is -2.37. The Morgan fingerprint density at radius 1 is 1.03 bits per heavy atom. The van der Waals surface area contributed by atoms with Crippen LogP contribution in [0.3, 0.4) is 0 Å². The van der Waals surface area contributed by atoms with Gasteiger partial charge in [0.25, 0.3) is 0 Å². The summed E-state index contributed by atoms with van der Waals surface area (Å²) in [6, 6.07) is 6.39. The summed E-state index contributed by atoms with van der Waals surface area (Å²) in [5.74, 6) is -1.73. The van der Waals surface area contributed by atoms with Gasteiger partial charge >= 0.3 is 0 Å². The van der Waals surface area contributed by atoms with Gasteiger partial charge in [-0.25, -0.2) is 21.9 Å². The molecule has 0 saturated carbocycles. The van der Waals surface area contributed by atoms with Gasteiger partial charge in [-0.05, 0) is 74.2 Å². The highest BCUT2D eigenvalue weighted by molar-refractivity contribution is 7.89. The molecular formula is C22H27F2N3O2S. The number of hydrogen-bond acceptors (Lipinski definition) is 4. The Labute approximate surface area is 176 Å². The zero-order valence-corrected chi connectivity index (χ0v) is 18.1. The van der Waals surface area contributed by atoms with Gasteiger partial charge in [0, 0.05) is 37.9 Å². The molecule has 1 aliphatic heterocycles. The molecule has 4 rings (SSSR count). The van der Waals surface area contributed by atoms with E-state index in [2.05, 4.69) is 40.6 Å². The second-order valence-electron chi connectivity index (χ2n) is 8.28. The van der Waals surface area contributed by atoms with Crippen LogP contribution in [0.4, 0.5) is 14.5 Å². The number of benzene rings is 2. The first-order chi connectivity index (χ1) is 14.2. The number of rotatable bonds is 4. The molecule has 8 heteroatoms. The molecule has 0 radical (unpaired) electrons. The molecule has 2 aliphatic rings. The van der Waals surface area contributed by atoms with Crippen LogP contribution in [-0.2, 0) is 22.9 Å². The zero-order valence-electron chi connectivity index (χ0n) is 17.3. The fourth-order valence-electron chi connectivity index (χ4n) is 4.45. The highest BCUT2D eigenvalue weighted by atomic mass is 32.2. The average molecular weight is 436 g/mol. The Morgan fingerprint density at radius 2 is 1.77 bits per heavy atom. The van der Waals surface area contributed by atoms with E-state index in [4.69, 9.17) is 0 Å². The van der Waals surface area contributed by atoms with Crippen LogP contribution in [0.1, 0.15) is 23.1 Å². The van der Waals surface area contributed by atoms with Gasteiger partial charge in [0.2, 0.25) is 10.0 Å². The van der Waals surface area contributed by atoms with Crippen LogP contribution in [-0.4, -0.2) is 52.6 Å². The minimum Gasteiger partial charge on any atom is -0.369 e. The highest BCUT2D eigenvalue weighted by Crippen LogP contribution is 2.34. The van der Waals surface area contributed by atoms with E-state index in [9.17, 15) is 17.2 Å². The topological polar surface area (TPSA) is 52.6 Å². The molecular weight excluding hydrogens is 408 g/mol. The molecule has 1 fully saturated rings. The van der Waals surface area contributed by atoms with Crippen molar-refractivity contribution in [2.24, 2.45) is 0 Å². The maximum atomic E-state index is 14.1. The Balaban J connectivity index is 1.60. The molecule has 0 amide bonds. The van der Waals surface area contributed by atoms with Crippen molar-refractivity contribution in [3.63, 3.8) is 0 Å². The van der Waals surface area contributed by atoms with Crippen LogP contribution in [0, 0.1) is 18.6 Å². The molecule has 0 bridgehead atoms. The molecule has 1 aliphatic carbocycles. The second kappa shape index (κ2) is 8.24. The lowest BCUT2D eigenvalue weighted by molar-refractivity contribution is 0.312. The van der Waals surface area contributed by atoms with E-state index >= 15 is 0 Å². The number of hydrogen-bond donors (Lipinski definition) is 1. The number of likely N-dealkylation sites (N-methyl/N-ethyl adjacent to an activating group) is 1. The maximum Gasteiger partial charge on any atom is 0.243 e. The van der Waals surface area contributed by atoms with Gasteiger partial charge in [0.05, 0.1) is 0 Å². The monoisotopic (exact) mass is 435 g/mol. The van der Waals surface area contributed by atoms with Crippen molar-refractivity contribution in [2.75, 3.05) is 38.1 Å². The summed E-state index contributed by atoms with van der Waals surface area (Å²) in [6.07, 6.45) is 1.91. The molecule has 1 heterocycles. The average Bonchev–Trinajstić information content (AvgIpc) is 2.70. The van der Waals surface area contributed by atoms with E-state index in [1.807, 2.05) is 0 Å². The predicted molar refractivity (Wildman–Crippen MR) is 113 cm³/mol. The molecule has 1 atom stereocenters. The first kappa shape index (κ1) is 21.2. The van der Waals surface area contributed by atoms with E-state index in [0.29, 0.717) is 12.8 Å². The lowest BCUT2D eigenvalue weighted by Crippen LogP contribution is -2.45. The summed E-state index contributed by atoms with van der Waals surface area (Å²) in [5, 5.41) is 0. The molecule has 162 valence electrons.